The number of pyridine rings is 4. The maximum Gasteiger partial charge on any atom is 0.116 e. The lowest BCUT2D eigenvalue weighted by Crippen LogP contribution is -2.12. The van der Waals surface area contributed by atoms with E-state index < -0.39 is 0 Å². The predicted octanol–water partition coefficient (Wildman–Crippen LogP) is 5.92. The van der Waals surface area contributed by atoms with Crippen LogP contribution in [0.15, 0.2) is 104 Å². The van der Waals surface area contributed by atoms with E-state index in [-0.39, 0.29) is 0 Å². The smallest absolute Gasteiger partial charge is 0.116 e. The minimum atomic E-state index is 0.719. The van der Waals surface area contributed by atoms with Gasteiger partial charge in [-0.15, -0.1) is 0 Å². The molecular formula is C31H24N8. The fourth-order valence-electron chi connectivity index (χ4n) is 4.84. The lowest BCUT2D eigenvalue weighted by molar-refractivity contribution is 0.691. The topological polar surface area (TPSA) is 108 Å². The molecule has 0 amide bonds. The normalized spacial score (nSPS) is 11.4. The summed E-state index contributed by atoms with van der Waals surface area (Å²) in [6.45, 7) is 1.52. The Kier molecular flexibility index (Phi) is 5.84. The Bertz CT molecular complexity index is 1890. The van der Waals surface area contributed by atoms with Gasteiger partial charge in [0, 0.05) is 59.7 Å². The number of nitrogens with one attached hydrogen (secondary N) is 3. The number of H-pyrrole nitrogens is 2. The number of rotatable bonds is 7. The summed E-state index contributed by atoms with van der Waals surface area (Å²) >= 11 is 0. The molecular weight excluding hydrogens is 484 g/mol. The van der Waals surface area contributed by atoms with E-state index in [1.54, 1.807) is 12.4 Å². The van der Waals surface area contributed by atoms with Crippen molar-refractivity contribution in [1.29, 1.82) is 0 Å². The third-order valence-corrected chi connectivity index (χ3v) is 6.75. The summed E-state index contributed by atoms with van der Waals surface area (Å²) in [6, 6.07) is 24.5. The zero-order chi connectivity index (χ0) is 26.0. The molecule has 0 spiro atoms. The molecule has 188 valence electrons. The molecule has 39 heavy (non-hydrogen) atoms. The van der Waals surface area contributed by atoms with Crippen LogP contribution < -0.4 is 5.32 Å². The van der Waals surface area contributed by atoms with Gasteiger partial charge in [0.25, 0.3) is 0 Å². The highest BCUT2D eigenvalue weighted by molar-refractivity contribution is 6.00. The second kappa shape index (κ2) is 9.92. The lowest BCUT2D eigenvalue weighted by atomic mass is 10.1. The van der Waals surface area contributed by atoms with Gasteiger partial charge in [-0.3, -0.25) is 25.0 Å². The molecule has 0 bridgehead atoms. The first-order valence-electron chi connectivity index (χ1n) is 12.7. The molecule has 1 aromatic carbocycles. The summed E-state index contributed by atoms with van der Waals surface area (Å²) in [4.78, 5) is 21.8. The fraction of sp³-hybridized carbons (Fsp3) is 0.0645. The van der Waals surface area contributed by atoms with Crippen LogP contribution in [-0.2, 0) is 13.1 Å². The highest BCUT2D eigenvalue weighted by Gasteiger charge is 2.16. The van der Waals surface area contributed by atoms with Crippen LogP contribution in [-0.4, -0.2) is 35.1 Å². The number of hydrogen-bond donors (Lipinski definition) is 3. The molecule has 0 saturated carbocycles. The average molecular weight is 509 g/mol. The maximum atomic E-state index is 4.69. The molecule has 8 heteroatoms. The van der Waals surface area contributed by atoms with E-state index in [4.69, 9.17) is 0 Å². The van der Waals surface area contributed by atoms with Gasteiger partial charge >= 0.3 is 0 Å². The van der Waals surface area contributed by atoms with Crippen LogP contribution in [0.25, 0.3) is 55.8 Å². The Morgan fingerprint density at radius 1 is 0.641 bits per heavy atom. The zero-order valence-corrected chi connectivity index (χ0v) is 21.0. The van der Waals surface area contributed by atoms with Gasteiger partial charge < -0.3 is 10.3 Å². The average Bonchev–Trinajstić information content (AvgIpc) is 3.62. The molecule has 7 aromatic rings. The van der Waals surface area contributed by atoms with Crippen LogP contribution in [0.1, 0.15) is 11.1 Å². The minimum Gasteiger partial charge on any atom is -0.353 e. The molecule has 8 nitrogen and oxygen atoms in total. The van der Waals surface area contributed by atoms with Gasteiger partial charge in [-0.1, -0.05) is 36.4 Å². The van der Waals surface area contributed by atoms with Crippen LogP contribution in [0.3, 0.4) is 0 Å². The number of benzene rings is 1. The standard InChI is InChI=1S/C31H24N8/c1-2-6-20(7-3-1)15-32-16-21-12-22(18-33-17-21)27-13-24-29(19-36-27)38-39-31(24)28-14-23-25(37-28)9-11-35-30(23)26-8-4-5-10-34-26/h1-14,17-19,32,37H,15-16H2,(H,38,39). The molecule has 0 radical (unpaired) electrons. The summed E-state index contributed by atoms with van der Waals surface area (Å²) in [5, 5.41) is 13.2. The molecule has 0 unspecified atom stereocenters. The van der Waals surface area contributed by atoms with E-state index in [0.29, 0.717) is 0 Å². The van der Waals surface area contributed by atoms with Gasteiger partial charge in [-0.05, 0) is 47.5 Å². The summed E-state index contributed by atoms with van der Waals surface area (Å²) in [6.07, 6.45) is 9.14. The van der Waals surface area contributed by atoms with Crippen molar-refractivity contribution in [3.05, 3.63) is 115 Å². The van der Waals surface area contributed by atoms with Crippen LogP contribution in [0.5, 0.6) is 0 Å². The third kappa shape index (κ3) is 4.54. The van der Waals surface area contributed by atoms with Gasteiger partial charge in [0.2, 0.25) is 0 Å². The van der Waals surface area contributed by atoms with Crippen molar-refractivity contribution in [2.24, 2.45) is 0 Å². The first-order chi connectivity index (χ1) is 19.3. The monoisotopic (exact) mass is 508 g/mol. The molecule has 0 saturated heterocycles. The number of hydrogen-bond acceptors (Lipinski definition) is 6. The van der Waals surface area contributed by atoms with Crippen molar-refractivity contribution in [3.63, 3.8) is 0 Å². The fourth-order valence-corrected chi connectivity index (χ4v) is 4.84. The number of nitrogens with zero attached hydrogens (tertiary/aromatic N) is 5. The van der Waals surface area contributed by atoms with Crippen LogP contribution >= 0.6 is 0 Å². The highest BCUT2D eigenvalue weighted by Crippen LogP contribution is 2.33. The quantitative estimate of drug-likeness (QED) is 0.247. The van der Waals surface area contributed by atoms with E-state index in [1.807, 2.05) is 48.9 Å². The zero-order valence-electron chi connectivity index (χ0n) is 21.0. The summed E-state index contributed by atoms with van der Waals surface area (Å²) in [5.41, 5.74) is 9.38. The Labute approximate surface area is 224 Å². The van der Waals surface area contributed by atoms with Crippen molar-refractivity contribution in [1.82, 2.24) is 40.4 Å². The molecule has 3 N–H and O–H groups in total. The Morgan fingerprint density at radius 2 is 1.51 bits per heavy atom. The number of fused-ring (bicyclic) bond motifs is 2. The van der Waals surface area contributed by atoms with Crippen molar-refractivity contribution in [2.45, 2.75) is 13.1 Å². The second-order valence-electron chi connectivity index (χ2n) is 9.38. The molecule has 7 rings (SSSR count). The molecule has 0 atom stereocenters. The summed E-state index contributed by atoms with van der Waals surface area (Å²) < 4.78 is 0. The van der Waals surface area contributed by atoms with Crippen molar-refractivity contribution in [3.8, 4) is 34.0 Å². The van der Waals surface area contributed by atoms with E-state index >= 15 is 0 Å². The molecule has 6 heterocycles. The number of aromatic amines is 2. The Balaban J connectivity index is 1.20. The van der Waals surface area contributed by atoms with Crippen LogP contribution in [0, 0.1) is 0 Å². The second-order valence-corrected chi connectivity index (χ2v) is 9.38. The van der Waals surface area contributed by atoms with E-state index in [0.717, 1.165) is 74.5 Å². The Hall–Kier alpha value is -5.21. The predicted molar refractivity (Wildman–Crippen MR) is 152 cm³/mol. The van der Waals surface area contributed by atoms with Crippen molar-refractivity contribution < 1.29 is 0 Å². The SMILES string of the molecule is c1ccc(CNCc2cncc(-c3cc4c(-c5cc6c(-c7ccccn7)nccc6[nH]5)n[nH]c4cn3)c2)cc1. The van der Waals surface area contributed by atoms with Gasteiger partial charge in [0.05, 0.1) is 34.5 Å². The van der Waals surface area contributed by atoms with Crippen LogP contribution in [0.4, 0.5) is 0 Å². The van der Waals surface area contributed by atoms with Gasteiger partial charge in [-0.25, -0.2) is 0 Å². The van der Waals surface area contributed by atoms with E-state index in [1.165, 1.54) is 5.56 Å². The third-order valence-electron chi connectivity index (χ3n) is 6.75. The largest absolute Gasteiger partial charge is 0.353 e. The molecule has 0 aliphatic heterocycles. The van der Waals surface area contributed by atoms with Gasteiger partial charge in [0.1, 0.15) is 5.69 Å². The molecule has 0 aliphatic carbocycles. The molecule has 0 fully saturated rings. The molecule has 6 aromatic heterocycles. The van der Waals surface area contributed by atoms with Gasteiger partial charge in [0.15, 0.2) is 0 Å². The Morgan fingerprint density at radius 3 is 2.41 bits per heavy atom. The maximum absolute atomic E-state index is 4.69. The first-order valence-corrected chi connectivity index (χ1v) is 12.7. The minimum absolute atomic E-state index is 0.719. The van der Waals surface area contributed by atoms with Crippen molar-refractivity contribution in [2.75, 3.05) is 0 Å². The van der Waals surface area contributed by atoms with Crippen molar-refractivity contribution >= 4 is 21.8 Å². The summed E-state index contributed by atoms with van der Waals surface area (Å²) in [7, 11) is 0. The van der Waals surface area contributed by atoms with Gasteiger partial charge in [-0.2, -0.15) is 5.10 Å². The lowest BCUT2D eigenvalue weighted by Gasteiger charge is -2.07. The number of aromatic nitrogens is 7. The van der Waals surface area contributed by atoms with E-state index in [9.17, 15) is 0 Å². The molecule has 0 aliphatic rings. The highest BCUT2D eigenvalue weighted by atomic mass is 15.1. The van der Waals surface area contributed by atoms with E-state index in [2.05, 4.69) is 82.9 Å². The first kappa shape index (κ1) is 22.9. The summed E-state index contributed by atoms with van der Waals surface area (Å²) in [5.74, 6) is 0. The van der Waals surface area contributed by atoms with Crippen LogP contribution in [0.2, 0.25) is 0 Å².